The minimum atomic E-state index is -2.55. The SMILES string of the molecule is COc1ccc(-n2ccnc2SCC(=O)Nc2ccccc2SC(F)F)cc1. The highest BCUT2D eigenvalue weighted by atomic mass is 32.2. The van der Waals surface area contributed by atoms with Gasteiger partial charge in [0.2, 0.25) is 5.91 Å². The Bertz CT molecular complexity index is 933. The number of thioether (sulfide) groups is 2. The van der Waals surface area contributed by atoms with E-state index in [0.717, 1.165) is 11.4 Å². The summed E-state index contributed by atoms with van der Waals surface area (Å²) in [6.45, 7) is 0. The van der Waals surface area contributed by atoms with Crippen LogP contribution < -0.4 is 10.1 Å². The van der Waals surface area contributed by atoms with Gasteiger partial charge < -0.3 is 10.1 Å². The summed E-state index contributed by atoms with van der Waals surface area (Å²) in [7, 11) is 1.60. The molecule has 0 aliphatic heterocycles. The van der Waals surface area contributed by atoms with Gasteiger partial charge in [0, 0.05) is 23.0 Å². The molecule has 0 aliphatic rings. The largest absolute Gasteiger partial charge is 0.497 e. The zero-order chi connectivity index (χ0) is 19.9. The van der Waals surface area contributed by atoms with Gasteiger partial charge in [-0.15, -0.1) is 0 Å². The van der Waals surface area contributed by atoms with Crippen LogP contribution in [-0.2, 0) is 4.79 Å². The van der Waals surface area contributed by atoms with Crippen molar-refractivity contribution in [2.75, 3.05) is 18.2 Å². The maximum atomic E-state index is 12.7. The Morgan fingerprint density at radius 2 is 1.96 bits per heavy atom. The molecular weight excluding hydrogens is 404 g/mol. The third kappa shape index (κ3) is 5.26. The Morgan fingerprint density at radius 3 is 2.68 bits per heavy atom. The first kappa shape index (κ1) is 20.2. The van der Waals surface area contributed by atoms with Gasteiger partial charge in [0.1, 0.15) is 5.75 Å². The van der Waals surface area contributed by atoms with E-state index in [-0.39, 0.29) is 11.7 Å². The summed E-state index contributed by atoms with van der Waals surface area (Å²) >= 11 is 1.66. The molecule has 146 valence electrons. The predicted octanol–water partition coefficient (Wildman–Crippen LogP) is 4.93. The molecular formula is C19H17F2N3O2S2. The number of benzene rings is 2. The molecule has 0 bridgehead atoms. The first-order valence-corrected chi connectivity index (χ1v) is 10.1. The summed E-state index contributed by atoms with van der Waals surface area (Å²) in [5, 5.41) is 3.33. The first-order chi connectivity index (χ1) is 13.6. The molecule has 28 heavy (non-hydrogen) atoms. The number of imidazole rings is 1. The molecule has 9 heteroatoms. The summed E-state index contributed by atoms with van der Waals surface area (Å²) in [5.41, 5.74) is 1.26. The summed E-state index contributed by atoms with van der Waals surface area (Å²) in [5.74, 6) is -2.00. The standard InChI is InChI=1S/C19H17F2N3O2S2/c1-26-14-8-6-13(7-9-14)24-11-10-22-19(24)27-12-17(25)23-15-4-2-3-5-16(15)28-18(20)21/h2-11,18H,12H2,1H3,(H,23,25). The molecule has 0 saturated heterocycles. The van der Waals surface area contributed by atoms with Crippen LogP contribution in [0.15, 0.2) is 71.0 Å². The van der Waals surface area contributed by atoms with Crippen LogP contribution in [0.4, 0.5) is 14.5 Å². The van der Waals surface area contributed by atoms with Gasteiger partial charge in [-0.3, -0.25) is 9.36 Å². The lowest BCUT2D eigenvalue weighted by molar-refractivity contribution is -0.113. The maximum Gasteiger partial charge on any atom is 0.288 e. The minimum absolute atomic E-state index is 0.0981. The van der Waals surface area contributed by atoms with E-state index in [1.807, 2.05) is 28.8 Å². The number of methoxy groups -OCH3 is 1. The number of rotatable bonds is 8. The molecule has 3 rings (SSSR count). The number of para-hydroxylation sites is 1. The number of carbonyl (C=O) groups excluding carboxylic acids is 1. The molecule has 0 atom stereocenters. The molecule has 3 aromatic rings. The van der Waals surface area contributed by atoms with Crippen molar-refractivity contribution in [1.82, 2.24) is 9.55 Å². The lowest BCUT2D eigenvalue weighted by Gasteiger charge is -2.11. The van der Waals surface area contributed by atoms with Crippen LogP contribution in [0.3, 0.4) is 0 Å². The average molecular weight is 421 g/mol. The van der Waals surface area contributed by atoms with Gasteiger partial charge in [-0.05, 0) is 36.4 Å². The van der Waals surface area contributed by atoms with Gasteiger partial charge in [-0.2, -0.15) is 8.78 Å². The molecule has 0 radical (unpaired) electrons. The molecule has 1 amide bonds. The second-order valence-electron chi connectivity index (χ2n) is 5.49. The third-order valence-electron chi connectivity index (χ3n) is 3.67. The van der Waals surface area contributed by atoms with E-state index in [0.29, 0.717) is 27.5 Å². The number of halogens is 2. The molecule has 1 N–H and O–H groups in total. The number of nitrogens with zero attached hydrogens (tertiary/aromatic N) is 2. The monoisotopic (exact) mass is 421 g/mol. The van der Waals surface area contributed by atoms with E-state index >= 15 is 0 Å². The number of aromatic nitrogens is 2. The van der Waals surface area contributed by atoms with Crippen molar-refractivity contribution in [3.05, 3.63) is 60.9 Å². The smallest absolute Gasteiger partial charge is 0.288 e. The summed E-state index contributed by atoms with van der Waals surface area (Å²) in [6, 6.07) is 14.0. The van der Waals surface area contributed by atoms with E-state index < -0.39 is 5.76 Å². The van der Waals surface area contributed by atoms with Gasteiger partial charge >= 0.3 is 0 Å². The number of anilines is 1. The van der Waals surface area contributed by atoms with Crippen LogP contribution >= 0.6 is 23.5 Å². The summed E-state index contributed by atoms with van der Waals surface area (Å²) < 4.78 is 32.3. The average Bonchev–Trinajstić information content (AvgIpc) is 3.16. The molecule has 1 heterocycles. The first-order valence-electron chi connectivity index (χ1n) is 8.21. The van der Waals surface area contributed by atoms with Gasteiger partial charge in [0.15, 0.2) is 5.16 Å². The summed E-state index contributed by atoms with van der Waals surface area (Å²) in [4.78, 5) is 16.9. The highest BCUT2D eigenvalue weighted by molar-refractivity contribution is 8.00. The van der Waals surface area contributed by atoms with Crippen LogP contribution in [0.1, 0.15) is 0 Å². The van der Waals surface area contributed by atoms with E-state index in [1.54, 1.807) is 43.8 Å². The van der Waals surface area contributed by atoms with Crippen molar-refractivity contribution in [2.45, 2.75) is 15.8 Å². The Morgan fingerprint density at radius 1 is 1.21 bits per heavy atom. The van der Waals surface area contributed by atoms with E-state index in [9.17, 15) is 13.6 Å². The van der Waals surface area contributed by atoms with E-state index in [2.05, 4.69) is 10.3 Å². The molecule has 0 spiro atoms. The second-order valence-corrected chi connectivity index (χ2v) is 7.46. The van der Waals surface area contributed by atoms with Crippen molar-refractivity contribution in [2.24, 2.45) is 0 Å². The van der Waals surface area contributed by atoms with Gasteiger partial charge in [0.05, 0.1) is 18.6 Å². The Hall–Kier alpha value is -2.52. The molecule has 0 aliphatic carbocycles. The van der Waals surface area contributed by atoms with Crippen LogP contribution in [0.5, 0.6) is 5.75 Å². The van der Waals surface area contributed by atoms with Gasteiger partial charge in [-0.1, -0.05) is 35.7 Å². The highest BCUT2D eigenvalue weighted by Crippen LogP contribution is 2.32. The van der Waals surface area contributed by atoms with Crippen LogP contribution in [-0.4, -0.2) is 34.1 Å². The second kappa shape index (κ2) is 9.61. The topological polar surface area (TPSA) is 56.2 Å². The molecule has 0 unspecified atom stereocenters. The number of hydrogen-bond acceptors (Lipinski definition) is 5. The molecule has 0 fully saturated rings. The molecule has 5 nitrogen and oxygen atoms in total. The summed E-state index contributed by atoms with van der Waals surface area (Å²) in [6.07, 6.45) is 3.45. The Kier molecular flexibility index (Phi) is 6.94. The number of nitrogens with one attached hydrogen (secondary N) is 1. The van der Waals surface area contributed by atoms with Crippen LogP contribution in [0.25, 0.3) is 5.69 Å². The fourth-order valence-corrected chi connectivity index (χ4v) is 3.79. The fourth-order valence-electron chi connectivity index (χ4n) is 2.42. The van der Waals surface area contributed by atoms with Crippen molar-refractivity contribution < 1.29 is 18.3 Å². The van der Waals surface area contributed by atoms with Crippen LogP contribution in [0.2, 0.25) is 0 Å². The fraction of sp³-hybridized carbons (Fsp3) is 0.158. The van der Waals surface area contributed by atoms with E-state index in [1.165, 1.54) is 11.8 Å². The molecule has 0 saturated carbocycles. The number of hydrogen-bond donors (Lipinski definition) is 1. The zero-order valence-electron chi connectivity index (χ0n) is 14.8. The number of alkyl halides is 2. The lowest BCUT2D eigenvalue weighted by atomic mass is 10.3. The normalized spacial score (nSPS) is 10.9. The van der Waals surface area contributed by atoms with Gasteiger partial charge in [-0.25, -0.2) is 4.98 Å². The molecule has 1 aromatic heterocycles. The minimum Gasteiger partial charge on any atom is -0.497 e. The van der Waals surface area contributed by atoms with Crippen molar-refractivity contribution in [3.8, 4) is 11.4 Å². The number of amides is 1. The number of ether oxygens (including phenoxy) is 1. The maximum absolute atomic E-state index is 12.7. The predicted molar refractivity (Wildman–Crippen MR) is 108 cm³/mol. The Balaban J connectivity index is 1.64. The lowest BCUT2D eigenvalue weighted by Crippen LogP contribution is -2.15. The van der Waals surface area contributed by atoms with Crippen LogP contribution in [0, 0.1) is 0 Å². The van der Waals surface area contributed by atoms with Crippen molar-refractivity contribution in [3.63, 3.8) is 0 Å². The third-order valence-corrected chi connectivity index (χ3v) is 5.42. The van der Waals surface area contributed by atoms with Crippen molar-refractivity contribution in [1.29, 1.82) is 0 Å². The quantitative estimate of drug-likeness (QED) is 0.523. The van der Waals surface area contributed by atoms with Gasteiger partial charge in [0.25, 0.3) is 5.76 Å². The highest BCUT2D eigenvalue weighted by Gasteiger charge is 2.13. The van der Waals surface area contributed by atoms with Crippen molar-refractivity contribution >= 4 is 35.1 Å². The molecule has 2 aromatic carbocycles. The zero-order valence-corrected chi connectivity index (χ0v) is 16.5. The Labute approximate surface area is 169 Å². The van der Waals surface area contributed by atoms with E-state index in [4.69, 9.17) is 4.74 Å². The number of carbonyl (C=O) groups is 1.